The third-order valence-electron chi connectivity index (χ3n) is 3.59. The van der Waals surface area contributed by atoms with E-state index in [1.54, 1.807) is 48.5 Å². The lowest BCUT2D eigenvalue weighted by Gasteiger charge is -2.08. The first-order valence-electron chi connectivity index (χ1n) is 7.81. The molecule has 0 aliphatic carbocycles. The SMILES string of the molecule is Nc1cccc(Sc2ccc(C(=O)Nc3cccc(Br)c3)cc2[N+](=O)[O-])c1. The molecule has 0 spiro atoms. The number of carbonyl (C=O) groups is 1. The van der Waals surface area contributed by atoms with Gasteiger partial charge in [-0.15, -0.1) is 0 Å². The Morgan fingerprint density at radius 3 is 2.56 bits per heavy atom. The summed E-state index contributed by atoms with van der Waals surface area (Å²) in [5, 5.41) is 14.2. The minimum atomic E-state index is -0.496. The zero-order valence-electron chi connectivity index (χ0n) is 13.9. The molecule has 0 bridgehead atoms. The largest absolute Gasteiger partial charge is 0.399 e. The quantitative estimate of drug-likeness (QED) is 0.314. The van der Waals surface area contributed by atoms with Gasteiger partial charge in [0.1, 0.15) is 0 Å². The molecule has 0 saturated heterocycles. The van der Waals surface area contributed by atoms with Crippen molar-refractivity contribution in [1.82, 2.24) is 0 Å². The molecular weight excluding hydrogens is 430 g/mol. The molecule has 0 atom stereocenters. The maximum Gasteiger partial charge on any atom is 0.284 e. The summed E-state index contributed by atoms with van der Waals surface area (Å²) in [4.78, 5) is 24.6. The van der Waals surface area contributed by atoms with Gasteiger partial charge in [-0.2, -0.15) is 0 Å². The van der Waals surface area contributed by atoms with E-state index in [1.165, 1.54) is 17.8 Å². The Morgan fingerprint density at radius 1 is 1.07 bits per heavy atom. The van der Waals surface area contributed by atoms with E-state index >= 15 is 0 Å². The number of hydrogen-bond donors (Lipinski definition) is 2. The van der Waals surface area contributed by atoms with Gasteiger partial charge in [0, 0.05) is 32.4 Å². The topological polar surface area (TPSA) is 98.3 Å². The normalized spacial score (nSPS) is 10.4. The van der Waals surface area contributed by atoms with Crippen LogP contribution in [0, 0.1) is 10.1 Å². The fraction of sp³-hybridized carbons (Fsp3) is 0. The fourth-order valence-electron chi connectivity index (χ4n) is 2.36. The van der Waals surface area contributed by atoms with Crippen LogP contribution in [0.3, 0.4) is 0 Å². The molecule has 3 aromatic rings. The van der Waals surface area contributed by atoms with E-state index in [4.69, 9.17) is 5.73 Å². The van der Waals surface area contributed by atoms with Gasteiger partial charge in [0.25, 0.3) is 11.6 Å². The smallest absolute Gasteiger partial charge is 0.284 e. The van der Waals surface area contributed by atoms with Crippen LogP contribution < -0.4 is 11.1 Å². The summed E-state index contributed by atoms with van der Waals surface area (Å²) in [7, 11) is 0. The van der Waals surface area contributed by atoms with Crippen LogP contribution in [-0.4, -0.2) is 10.8 Å². The Hall–Kier alpha value is -2.84. The first kappa shape index (κ1) is 18.9. The van der Waals surface area contributed by atoms with E-state index in [0.29, 0.717) is 16.3 Å². The Kier molecular flexibility index (Phi) is 5.78. The summed E-state index contributed by atoms with van der Waals surface area (Å²) in [5.41, 5.74) is 7.00. The number of nitrogens with zero attached hydrogens (tertiary/aromatic N) is 1. The number of amides is 1. The monoisotopic (exact) mass is 443 g/mol. The summed E-state index contributed by atoms with van der Waals surface area (Å²) >= 11 is 4.56. The molecule has 3 N–H and O–H groups in total. The fourth-order valence-corrected chi connectivity index (χ4v) is 3.73. The van der Waals surface area contributed by atoms with Gasteiger partial charge in [-0.25, -0.2) is 0 Å². The molecule has 6 nitrogen and oxygen atoms in total. The zero-order valence-corrected chi connectivity index (χ0v) is 16.3. The second-order valence-corrected chi connectivity index (χ2v) is 7.61. The van der Waals surface area contributed by atoms with E-state index in [0.717, 1.165) is 9.37 Å². The molecule has 1 amide bonds. The van der Waals surface area contributed by atoms with Crippen LogP contribution in [0.5, 0.6) is 0 Å². The van der Waals surface area contributed by atoms with E-state index in [2.05, 4.69) is 21.2 Å². The average Bonchev–Trinajstić information content (AvgIpc) is 2.62. The molecule has 0 saturated carbocycles. The van der Waals surface area contributed by atoms with Gasteiger partial charge in [-0.05, 0) is 48.5 Å². The number of halogens is 1. The third kappa shape index (κ3) is 4.87. The van der Waals surface area contributed by atoms with Crippen molar-refractivity contribution >= 4 is 50.7 Å². The number of benzene rings is 3. The molecule has 3 aromatic carbocycles. The van der Waals surface area contributed by atoms with Gasteiger partial charge in [0.05, 0.1) is 9.82 Å². The van der Waals surface area contributed by atoms with Crippen LogP contribution >= 0.6 is 27.7 Å². The number of nitro benzene ring substituents is 1. The average molecular weight is 444 g/mol. The summed E-state index contributed by atoms with van der Waals surface area (Å²) in [6.07, 6.45) is 0. The lowest BCUT2D eigenvalue weighted by molar-refractivity contribution is -0.387. The summed E-state index contributed by atoms with van der Waals surface area (Å²) in [5.74, 6) is -0.420. The molecular formula is C19H14BrN3O3S. The maximum absolute atomic E-state index is 12.4. The number of rotatable bonds is 5. The zero-order chi connectivity index (χ0) is 19.4. The van der Waals surface area contributed by atoms with Crippen molar-refractivity contribution in [3.8, 4) is 0 Å². The third-order valence-corrected chi connectivity index (χ3v) is 5.13. The Bertz CT molecular complexity index is 1030. The Labute approximate surface area is 168 Å². The molecule has 3 rings (SSSR count). The predicted octanol–water partition coefficient (Wildman–Crippen LogP) is 5.34. The molecule has 8 heteroatoms. The van der Waals surface area contributed by atoms with Crippen molar-refractivity contribution in [3.63, 3.8) is 0 Å². The van der Waals surface area contributed by atoms with Gasteiger partial charge in [0.2, 0.25) is 0 Å². The van der Waals surface area contributed by atoms with E-state index in [1.807, 2.05) is 12.1 Å². The van der Waals surface area contributed by atoms with Crippen LogP contribution in [-0.2, 0) is 0 Å². The van der Waals surface area contributed by atoms with Crippen molar-refractivity contribution in [2.75, 3.05) is 11.1 Å². The van der Waals surface area contributed by atoms with Gasteiger partial charge < -0.3 is 11.1 Å². The van der Waals surface area contributed by atoms with Crippen LogP contribution in [0.4, 0.5) is 17.1 Å². The summed E-state index contributed by atoms with van der Waals surface area (Å²) < 4.78 is 0.820. The molecule has 0 unspecified atom stereocenters. The number of nitrogen functional groups attached to an aromatic ring is 1. The molecule has 0 aliphatic heterocycles. The summed E-state index contributed by atoms with van der Waals surface area (Å²) in [6, 6.07) is 18.6. The predicted molar refractivity (Wildman–Crippen MR) is 110 cm³/mol. The number of anilines is 2. The molecule has 0 heterocycles. The number of nitro groups is 1. The van der Waals surface area contributed by atoms with Crippen molar-refractivity contribution in [2.45, 2.75) is 9.79 Å². The first-order chi connectivity index (χ1) is 12.9. The number of carbonyl (C=O) groups excluding carboxylic acids is 1. The van der Waals surface area contributed by atoms with Gasteiger partial charge in [-0.3, -0.25) is 14.9 Å². The van der Waals surface area contributed by atoms with Gasteiger partial charge in [-0.1, -0.05) is 39.8 Å². The molecule has 136 valence electrons. The molecule has 27 heavy (non-hydrogen) atoms. The summed E-state index contributed by atoms with van der Waals surface area (Å²) in [6.45, 7) is 0. The van der Waals surface area contributed by atoms with Crippen LogP contribution in [0.1, 0.15) is 10.4 Å². The number of nitrogens with one attached hydrogen (secondary N) is 1. The van der Waals surface area contributed by atoms with Crippen molar-refractivity contribution in [1.29, 1.82) is 0 Å². The molecule has 0 radical (unpaired) electrons. The standard InChI is InChI=1S/C19H14BrN3O3S/c20-13-3-1-5-15(10-13)22-19(24)12-7-8-18(17(9-12)23(25)26)27-16-6-2-4-14(21)11-16/h1-11H,21H2,(H,22,24). The van der Waals surface area contributed by atoms with Gasteiger partial charge in [0.15, 0.2) is 0 Å². The van der Waals surface area contributed by atoms with Gasteiger partial charge >= 0.3 is 0 Å². The van der Waals surface area contributed by atoms with E-state index < -0.39 is 10.8 Å². The Morgan fingerprint density at radius 2 is 1.85 bits per heavy atom. The van der Waals surface area contributed by atoms with Crippen molar-refractivity contribution in [3.05, 3.63) is 86.9 Å². The Balaban J connectivity index is 1.86. The van der Waals surface area contributed by atoms with Crippen molar-refractivity contribution < 1.29 is 9.72 Å². The lowest BCUT2D eigenvalue weighted by atomic mass is 10.2. The maximum atomic E-state index is 12.4. The molecule has 0 aliphatic rings. The first-order valence-corrected chi connectivity index (χ1v) is 9.42. The highest BCUT2D eigenvalue weighted by Crippen LogP contribution is 2.36. The van der Waals surface area contributed by atoms with E-state index in [9.17, 15) is 14.9 Å². The molecule has 0 aromatic heterocycles. The van der Waals surface area contributed by atoms with E-state index in [-0.39, 0.29) is 11.3 Å². The number of nitrogens with two attached hydrogens (primary N) is 1. The highest BCUT2D eigenvalue weighted by Gasteiger charge is 2.19. The van der Waals surface area contributed by atoms with Crippen LogP contribution in [0.15, 0.2) is 81.0 Å². The van der Waals surface area contributed by atoms with Crippen LogP contribution in [0.2, 0.25) is 0 Å². The highest BCUT2D eigenvalue weighted by molar-refractivity contribution is 9.10. The minimum absolute atomic E-state index is 0.135. The number of hydrogen-bond acceptors (Lipinski definition) is 5. The van der Waals surface area contributed by atoms with Crippen LogP contribution in [0.25, 0.3) is 0 Å². The second-order valence-electron chi connectivity index (χ2n) is 5.58. The van der Waals surface area contributed by atoms with Crippen molar-refractivity contribution in [2.24, 2.45) is 0 Å². The second kappa shape index (κ2) is 8.24. The molecule has 0 fully saturated rings. The minimum Gasteiger partial charge on any atom is -0.399 e. The lowest BCUT2D eigenvalue weighted by Crippen LogP contribution is -2.12. The highest BCUT2D eigenvalue weighted by atomic mass is 79.9.